The van der Waals surface area contributed by atoms with E-state index in [1.54, 1.807) is 4.90 Å². The molecule has 3 N–H and O–H groups in total. The summed E-state index contributed by atoms with van der Waals surface area (Å²) in [6, 6.07) is 11.1. The Bertz CT molecular complexity index is 1180. The number of amides is 2. The van der Waals surface area contributed by atoms with E-state index in [4.69, 9.17) is 4.74 Å². The molecule has 0 saturated carbocycles. The van der Waals surface area contributed by atoms with Crippen molar-refractivity contribution in [1.29, 1.82) is 0 Å². The van der Waals surface area contributed by atoms with Gasteiger partial charge in [-0.1, -0.05) is 51.1 Å². The number of nitrogens with zero attached hydrogens (tertiary/aromatic N) is 1. The molecule has 0 aromatic heterocycles. The number of nitrogens with one attached hydrogen (secondary N) is 2. The van der Waals surface area contributed by atoms with Crippen molar-refractivity contribution in [3.8, 4) is 0 Å². The first-order valence-corrected chi connectivity index (χ1v) is 15.8. The largest absolute Gasteiger partial charge is 0.389 e. The van der Waals surface area contributed by atoms with Crippen molar-refractivity contribution in [2.45, 2.75) is 96.1 Å². The summed E-state index contributed by atoms with van der Waals surface area (Å²) in [5.41, 5.74) is 1.39. The molecular weight excluding hydrogens is 552 g/mol. The van der Waals surface area contributed by atoms with Gasteiger partial charge in [-0.3, -0.25) is 9.59 Å². The van der Waals surface area contributed by atoms with Crippen LogP contribution in [-0.2, 0) is 27.2 Å². The van der Waals surface area contributed by atoms with Gasteiger partial charge in [-0.25, -0.2) is 8.78 Å². The maximum Gasteiger partial charge on any atom is 0.243 e. The van der Waals surface area contributed by atoms with Gasteiger partial charge in [0.25, 0.3) is 0 Å². The molecule has 2 aliphatic rings. The van der Waals surface area contributed by atoms with E-state index < -0.39 is 29.8 Å². The van der Waals surface area contributed by atoms with Crippen LogP contribution in [-0.4, -0.2) is 71.9 Å². The molecule has 2 aromatic carbocycles. The molecule has 7 nitrogen and oxygen atoms in total. The van der Waals surface area contributed by atoms with E-state index in [2.05, 4.69) is 24.5 Å². The number of rotatable bonds is 15. The molecule has 0 aliphatic carbocycles. The molecule has 2 fully saturated rings. The van der Waals surface area contributed by atoms with Crippen molar-refractivity contribution in [3.63, 3.8) is 0 Å². The van der Waals surface area contributed by atoms with Crippen LogP contribution < -0.4 is 10.6 Å². The summed E-state index contributed by atoms with van der Waals surface area (Å²) in [4.78, 5) is 29.3. The molecule has 2 aliphatic heterocycles. The monoisotopic (exact) mass is 599 g/mol. The third-order valence-corrected chi connectivity index (χ3v) is 8.55. The number of halogens is 2. The molecule has 2 aromatic rings. The normalized spacial score (nSPS) is 22.6. The van der Waals surface area contributed by atoms with Gasteiger partial charge in [0.2, 0.25) is 11.8 Å². The van der Waals surface area contributed by atoms with Crippen molar-refractivity contribution < 1.29 is 28.2 Å². The number of ether oxygens (including phenoxy) is 1. The topological polar surface area (TPSA) is 90.9 Å². The quantitative estimate of drug-likeness (QED) is 0.282. The van der Waals surface area contributed by atoms with Gasteiger partial charge in [0, 0.05) is 37.7 Å². The lowest BCUT2D eigenvalue weighted by atomic mass is 9.94. The summed E-state index contributed by atoms with van der Waals surface area (Å²) < 4.78 is 34.1. The van der Waals surface area contributed by atoms with Crippen LogP contribution in [0.15, 0.2) is 48.5 Å². The number of carbonyl (C=O) groups is 2. The maximum absolute atomic E-state index is 14.1. The second-order valence-corrected chi connectivity index (χ2v) is 12.5. The number of aliphatic hydroxyl groups is 1. The van der Waals surface area contributed by atoms with Crippen molar-refractivity contribution in [1.82, 2.24) is 15.5 Å². The second-order valence-electron chi connectivity index (χ2n) is 12.5. The fourth-order valence-corrected chi connectivity index (χ4v) is 6.44. The Morgan fingerprint density at radius 2 is 1.86 bits per heavy atom. The van der Waals surface area contributed by atoms with Gasteiger partial charge in [0.05, 0.1) is 18.2 Å². The van der Waals surface area contributed by atoms with E-state index in [0.29, 0.717) is 56.9 Å². The van der Waals surface area contributed by atoms with Crippen molar-refractivity contribution >= 4 is 11.8 Å². The molecule has 6 atom stereocenters. The molecule has 1 unspecified atom stereocenters. The lowest BCUT2D eigenvalue weighted by Gasteiger charge is -2.33. The zero-order valence-corrected chi connectivity index (χ0v) is 25.6. The Morgan fingerprint density at radius 3 is 2.53 bits per heavy atom. The first kappa shape index (κ1) is 33.0. The van der Waals surface area contributed by atoms with E-state index in [0.717, 1.165) is 24.5 Å². The maximum atomic E-state index is 14.1. The van der Waals surface area contributed by atoms with Crippen LogP contribution in [0.4, 0.5) is 8.78 Å². The van der Waals surface area contributed by atoms with E-state index in [1.807, 2.05) is 37.3 Å². The predicted molar refractivity (Wildman–Crippen MR) is 162 cm³/mol. The molecule has 0 radical (unpaired) electrons. The minimum Gasteiger partial charge on any atom is -0.389 e. The van der Waals surface area contributed by atoms with Gasteiger partial charge in [-0.05, 0) is 74.1 Å². The highest BCUT2D eigenvalue weighted by Crippen LogP contribution is 2.28. The van der Waals surface area contributed by atoms with Gasteiger partial charge >= 0.3 is 0 Å². The number of benzene rings is 2. The van der Waals surface area contributed by atoms with Crippen LogP contribution in [0.25, 0.3) is 0 Å². The fraction of sp³-hybridized carbons (Fsp3) is 0.588. The fourth-order valence-electron chi connectivity index (χ4n) is 6.44. The average Bonchev–Trinajstić information content (AvgIpc) is 3.58. The summed E-state index contributed by atoms with van der Waals surface area (Å²) in [6.45, 7) is 7.88. The number of aryl methyl sites for hydroxylation is 1. The number of aliphatic hydroxyl groups excluding tert-OH is 1. The van der Waals surface area contributed by atoms with Crippen LogP contribution >= 0.6 is 0 Å². The Kier molecular flexibility index (Phi) is 12.1. The number of hydrogen-bond donors (Lipinski definition) is 3. The molecule has 43 heavy (non-hydrogen) atoms. The smallest absolute Gasteiger partial charge is 0.243 e. The number of carbonyl (C=O) groups excluding carboxylic acids is 2. The van der Waals surface area contributed by atoms with Gasteiger partial charge in [0.15, 0.2) is 0 Å². The number of hydrogen-bond acceptors (Lipinski definition) is 5. The van der Waals surface area contributed by atoms with Crippen molar-refractivity contribution in [3.05, 3.63) is 71.3 Å². The van der Waals surface area contributed by atoms with Gasteiger partial charge < -0.3 is 25.4 Å². The average molecular weight is 600 g/mol. The van der Waals surface area contributed by atoms with Gasteiger partial charge in [0.1, 0.15) is 17.7 Å². The Morgan fingerprint density at radius 1 is 1.14 bits per heavy atom. The summed E-state index contributed by atoms with van der Waals surface area (Å²) in [5, 5.41) is 17.9. The summed E-state index contributed by atoms with van der Waals surface area (Å²) in [7, 11) is 0. The summed E-state index contributed by atoms with van der Waals surface area (Å²) in [6.07, 6.45) is 2.81. The zero-order valence-electron chi connectivity index (χ0n) is 25.6. The molecular formula is C34H47F2N3O4. The van der Waals surface area contributed by atoms with E-state index >= 15 is 0 Å². The molecule has 2 heterocycles. The van der Waals surface area contributed by atoms with Crippen molar-refractivity contribution in [2.24, 2.45) is 11.8 Å². The van der Waals surface area contributed by atoms with Gasteiger partial charge in [-0.15, -0.1) is 0 Å². The molecule has 4 rings (SSSR count). The second kappa shape index (κ2) is 15.7. The Balaban J connectivity index is 1.56. The third kappa shape index (κ3) is 9.30. The highest BCUT2D eigenvalue weighted by atomic mass is 19.1. The molecule has 2 amide bonds. The first-order valence-electron chi connectivity index (χ1n) is 15.8. The van der Waals surface area contributed by atoms with E-state index in [1.165, 1.54) is 12.1 Å². The minimum atomic E-state index is -1.05. The molecule has 2 saturated heterocycles. The number of likely N-dealkylation sites (tertiary alicyclic amines) is 1. The first-order chi connectivity index (χ1) is 20.6. The molecule has 0 bridgehead atoms. The van der Waals surface area contributed by atoms with E-state index in [9.17, 15) is 23.5 Å². The van der Waals surface area contributed by atoms with Crippen LogP contribution in [0.2, 0.25) is 0 Å². The predicted octanol–water partition coefficient (Wildman–Crippen LogP) is 4.41. The van der Waals surface area contributed by atoms with Crippen molar-refractivity contribution in [2.75, 3.05) is 19.7 Å². The lowest BCUT2D eigenvalue weighted by molar-refractivity contribution is -0.140. The summed E-state index contributed by atoms with van der Waals surface area (Å²) >= 11 is 0. The SMILES string of the molecule is CCCO[C@H]1CN[C@@H]([C@@H](O)[C@H](Cc2cc(F)cc(F)c2)NC(=O)C(CCc2ccccc2)N2CC[C@H](CC(C)C)C2=O)C1. The standard InChI is InChI=1S/C34H47F2N3O4/c1-4-14-43-28-20-29(37-21-28)32(40)30(18-24-16-26(35)19-27(36)17-24)38-33(41)31(11-10-23-8-6-5-7-9-23)39-13-12-25(34(39)42)15-22(2)3/h5-9,16-17,19,22,25,28-32,37,40H,4,10-15,18,20-21H2,1-3H3,(H,38,41)/t25-,28-,29-,30+,31?,32-/m1/s1. The van der Waals surface area contributed by atoms with Crippen LogP contribution in [0.3, 0.4) is 0 Å². The van der Waals surface area contributed by atoms with Crippen LogP contribution in [0.5, 0.6) is 0 Å². The zero-order chi connectivity index (χ0) is 30.9. The third-order valence-electron chi connectivity index (χ3n) is 8.55. The van der Waals surface area contributed by atoms with Crippen LogP contribution in [0, 0.1) is 23.5 Å². The Hall–Kier alpha value is -2.88. The molecule has 0 spiro atoms. The van der Waals surface area contributed by atoms with Gasteiger partial charge in [-0.2, -0.15) is 0 Å². The van der Waals surface area contributed by atoms with Crippen LogP contribution in [0.1, 0.15) is 64.0 Å². The lowest BCUT2D eigenvalue weighted by Crippen LogP contribution is -2.57. The Labute approximate surface area is 254 Å². The van der Waals surface area contributed by atoms with E-state index in [-0.39, 0.29) is 36.3 Å². The highest BCUT2D eigenvalue weighted by Gasteiger charge is 2.41. The summed E-state index contributed by atoms with van der Waals surface area (Å²) in [5.74, 6) is -1.58. The minimum absolute atomic E-state index is 0.0143. The molecule has 236 valence electrons. The molecule has 9 heteroatoms. The highest BCUT2D eigenvalue weighted by molar-refractivity contribution is 5.89.